The summed E-state index contributed by atoms with van der Waals surface area (Å²) in [5, 5.41) is 14.2. The van der Waals surface area contributed by atoms with Crippen LogP contribution in [-0.2, 0) is 4.84 Å². The Labute approximate surface area is 189 Å². The lowest BCUT2D eigenvalue weighted by molar-refractivity contribution is -0.124. The van der Waals surface area contributed by atoms with Crippen LogP contribution in [-0.4, -0.2) is 30.6 Å². The number of allylic oxidation sites excluding steroid dienone is 4. The summed E-state index contributed by atoms with van der Waals surface area (Å²) in [5.74, 6) is 4.12. The van der Waals surface area contributed by atoms with E-state index < -0.39 is 0 Å². The van der Waals surface area contributed by atoms with E-state index in [0.29, 0.717) is 29.9 Å². The summed E-state index contributed by atoms with van der Waals surface area (Å²) in [6, 6.07) is 0. The zero-order valence-electron chi connectivity index (χ0n) is 19.7. The molecule has 0 amide bonds. The molecular formula is C27H44N2O2. The summed E-state index contributed by atoms with van der Waals surface area (Å²) in [6.45, 7) is 6.40. The molecule has 0 unspecified atom stereocenters. The van der Waals surface area contributed by atoms with Crippen LogP contribution in [0.5, 0.6) is 0 Å². The number of nitrogens with zero attached hydrogens (tertiary/aromatic N) is 1. The van der Waals surface area contributed by atoms with Crippen LogP contribution in [0.1, 0.15) is 78.1 Å². The van der Waals surface area contributed by atoms with Crippen LogP contribution in [0, 0.1) is 40.4 Å². The van der Waals surface area contributed by atoms with Gasteiger partial charge < -0.3 is 15.7 Å². The largest absolute Gasteiger partial charge is 0.396 e. The monoisotopic (exact) mass is 428 g/mol. The fraction of sp³-hybridized carbons (Fsp3) is 0.815. The fourth-order valence-electron chi connectivity index (χ4n) is 8.18. The van der Waals surface area contributed by atoms with Crippen LogP contribution >= 0.6 is 0 Å². The molecule has 0 bridgehead atoms. The minimum atomic E-state index is -0.0416. The minimum absolute atomic E-state index is 0.0416. The Morgan fingerprint density at radius 3 is 2.61 bits per heavy atom. The molecule has 0 saturated heterocycles. The molecule has 4 fully saturated rings. The van der Waals surface area contributed by atoms with Gasteiger partial charge in [0.05, 0.1) is 12.3 Å². The molecule has 4 aliphatic rings. The van der Waals surface area contributed by atoms with E-state index in [2.05, 4.69) is 37.2 Å². The first-order valence-electron chi connectivity index (χ1n) is 12.9. The number of nitrogens with two attached hydrogens (primary N) is 1. The van der Waals surface area contributed by atoms with Crippen molar-refractivity contribution in [2.75, 3.05) is 13.2 Å². The van der Waals surface area contributed by atoms with Crippen molar-refractivity contribution < 1.29 is 9.94 Å². The molecule has 0 aromatic carbocycles. The van der Waals surface area contributed by atoms with E-state index in [0.717, 1.165) is 42.9 Å². The maximum absolute atomic E-state index is 10.2. The van der Waals surface area contributed by atoms with E-state index in [1.54, 1.807) is 6.21 Å². The summed E-state index contributed by atoms with van der Waals surface area (Å²) < 4.78 is 0. The second-order valence-corrected chi connectivity index (χ2v) is 11.3. The normalized spacial score (nSPS) is 45.2. The van der Waals surface area contributed by atoms with Gasteiger partial charge in [0, 0.05) is 0 Å². The van der Waals surface area contributed by atoms with Gasteiger partial charge in [-0.3, -0.25) is 0 Å². The summed E-state index contributed by atoms with van der Waals surface area (Å²) in [7, 11) is 0. The average Bonchev–Trinajstić information content (AvgIpc) is 3.09. The molecule has 8 atom stereocenters. The van der Waals surface area contributed by atoms with Crippen molar-refractivity contribution >= 4 is 6.21 Å². The third-order valence-corrected chi connectivity index (χ3v) is 9.94. The van der Waals surface area contributed by atoms with Gasteiger partial charge in [-0.2, -0.15) is 0 Å². The van der Waals surface area contributed by atoms with Gasteiger partial charge in [0.1, 0.15) is 6.61 Å². The molecule has 3 N–H and O–H groups in total. The minimum Gasteiger partial charge on any atom is -0.396 e. The maximum Gasteiger partial charge on any atom is 0.118 e. The maximum atomic E-state index is 10.2. The number of rotatable bonds is 7. The second kappa shape index (κ2) is 9.79. The predicted octanol–water partition coefficient (Wildman–Crippen LogP) is 5.47. The van der Waals surface area contributed by atoms with E-state index >= 15 is 0 Å². The number of hydrogen-bond acceptors (Lipinski definition) is 4. The lowest BCUT2D eigenvalue weighted by atomic mass is 9.44. The van der Waals surface area contributed by atoms with Crippen LogP contribution in [0.15, 0.2) is 29.5 Å². The van der Waals surface area contributed by atoms with E-state index in [-0.39, 0.29) is 6.10 Å². The molecule has 174 valence electrons. The molecule has 4 aliphatic carbocycles. The first-order valence-corrected chi connectivity index (χ1v) is 12.9. The molecule has 0 heterocycles. The topological polar surface area (TPSA) is 67.8 Å². The number of hydrogen-bond donors (Lipinski definition) is 2. The van der Waals surface area contributed by atoms with Crippen LogP contribution in [0.2, 0.25) is 0 Å². The molecule has 0 aromatic heterocycles. The predicted molar refractivity (Wildman–Crippen MR) is 128 cm³/mol. The van der Waals surface area contributed by atoms with Crippen molar-refractivity contribution in [1.82, 2.24) is 0 Å². The quantitative estimate of drug-likeness (QED) is 0.244. The summed E-state index contributed by atoms with van der Waals surface area (Å²) >= 11 is 0. The van der Waals surface area contributed by atoms with E-state index in [1.807, 2.05) is 6.08 Å². The lowest BCUT2D eigenvalue weighted by Gasteiger charge is -2.60. The highest BCUT2D eigenvalue weighted by Crippen LogP contribution is 2.67. The number of aliphatic hydroxyl groups excluding tert-OH is 1. The van der Waals surface area contributed by atoms with Crippen molar-refractivity contribution in [1.29, 1.82) is 0 Å². The van der Waals surface area contributed by atoms with Crippen LogP contribution < -0.4 is 5.73 Å². The van der Waals surface area contributed by atoms with Crippen LogP contribution in [0.25, 0.3) is 0 Å². The number of aliphatic hydroxyl groups is 1. The number of fused-ring (bicyclic) bond motifs is 5. The molecule has 0 spiro atoms. The zero-order chi connectivity index (χ0) is 21.9. The smallest absolute Gasteiger partial charge is 0.118 e. The third kappa shape index (κ3) is 4.53. The molecular weight excluding hydrogens is 384 g/mol. The van der Waals surface area contributed by atoms with E-state index in [9.17, 15) is 5.11 Å². The SMILES string of the molecule is C[C@]12CC[C@H](O)C[C@H]1CC[C@@H]1[C@@H]2CC[C@]2(C)[C@@H](/C=C/C=C/C=N/OCCCN)CC[C@@H]12. The van der Waals surface area contributed by atoms with Crippen LogP contribution in [0.3, 0.4) is 0 Å². The van der Waals surface area contributed by atoms with Gasteiger partial charge in [-0.15, -0.1) is 0 Å². The highest BCUT2D eigenvalue weighted by molar-refractivity contribution is 5.70. The molecule has 31 heavy (non-hydrogen) atoms. The van der Waals surface area contributed by atoms with Crippen LogP contribution in [0.4, 0.5) is 0 Å². The van der Waals surface area contributed by atoms with Gasteiger partial charge in [-0.25, -0.2) is 0 Å². The highest BCUT2D eigenvalue weighted by atomic mass is 16.6. The molecule has 0 aromatic rings. The zero-order valence-corrected chi connectivity index (χ0v) is 19.7. The first-order chi connectivity index (χ1) is 15.0. The van der Waals surface area contributed by atoms with Gasteiger partial charge in [0.2, 0.25) is 0 Å². The molecule has 4 rings (SSSR count). The Morgan fingerprint density at radius 2 is 1.77 bits per heavy atom. The summed E-state index contributed by atoms with van der Waals surface area (Å²) in [4.78, 5) is 5.14. The van der Waals surface area contributed by atoms with Gasteiger partial charge in [0.15, 0.2) is 0 Å². The number of oxime groups is 1. The standard InChI is InChI=1S/C27H44N2O2/c1-26-15-13-25-23(10-8-21-19-22(30)12-14-27(21,25)2)24(26)11-9-20(26)7-4-3-5-17-29-31-18-6-16-28/h3-5,7,17,20-25,30H,6,8-16,18-19,28H2,1-2H3/b5-3+,7-4+,29-17+/t20-,21+,22-,23-,24-,25-,26+,27-/m0/s1. The molecule has 0 radical (unpaired) electrons. The second-order valence-electron chi connectivity index (χ2n) is 11.3. The van der Waals surface area contributed by atoms with E-state index in [1.165, 1.54) is 44.9 Å². The lowest BCUT2D eigenvalue weighted by Crippen LogP contribution is -2.53. The highest BCUT2D eigenvalue weighted by Gasteiger charge is 2.59. The Bertz CT molecular complexity index is 689. The van der Waals surface area contributed by atoms with Crippen molar-refractivity contribution in [3.8, 4) is 0 Å². The van der Waals surface area contributed by atoms with Gasteiger partial charge in [-0.05, 0) is 117 Å². The van der Waals surface area contributed by atoms with E-state index in [4.69, 9.17) is 10.6 Å². The Kier molecular flexibility index (Phi) is 7.27. The van der Waals surface area contributed by atoms with Gasteiger partial charge in [0.25, 0.3) is 0 Å². The molecule has 4 heteroatoms. The molecule has 0 aliphatic heterocycles. The first kappa shape index (κ1) is 23.0. The Hall–Kier alpha value is -1.13. The van der Waals surface area contributed by atoms with Gasteiger partial charge >= 0.3 is 0 Å². The van der Waals surface area contributed by atoms with Crippen molar-refractivity contribution in [3.63, 3.8) is 0 Å². The Morgan fingerprint density at radius 1 is 0.968 bits per heavy atom. The fourth-order valence-corrected chi connectivity index (χ4v) is 8.18. The summed E-state index contributed by atoms with van der Waals surface area (Å²) in [5.41, 5.74) is 6.38. The van der Waals surface area contributed by atoms with Gasteiger partial charge in [-0.1, -0.05) is 37.2 Å². The van der Waals surface area contributed by atoms with Crippen molar-refractivity contribution in [2.45, 2.75) is 84.2 Å². The average molecular weight is 429 g/mol. The molecule has 4 nitrogen and oxygen atoms in total. The Balaban J connectivity index is 1.36. The molecule has 4 saturated carbocycles. The third-order valence-electron chi connectivity index (χ3n) is 9.94. The van der Waals surface area contributed by atoms with Crippen molar-refractivity contribution in [2.24, 2.45) is 51.3 Å². The van der Waals surface area contributed by atoms with Crippen molar-refractivity contribution in [3.05, 3.63) is 24.3 Å². The summed E-state index contributed by atoms with van der Waals surface area (Å²) in [6.07, 6.45) is 22.8.